The van der Waals surface area contributed by atoms with Crippen LogP contribution >= 0.6 is 0 Å². The van der Waals surface area contributed by atoms with E-state index in [1.165, 1.54) is 13.0 Å². The van der Waals surface area contributed by atoms with Gasteiger partial charge in [-0.25, -0.2) is 0 Å². The second kappa shape index (κ2) is 5.24. The predicted molar refractivity (Wildman–Crippen MR) is 59.2 cm³/mol. The first kappa shape index (κ1) is 15.6. The molecule has 0 amide bonds. The third-order valence-corrected chi connectivity index (χ3v) is 2.35. The van der Waals surface area contributed by atoms with Crippen molar-refractivity contribution in [2.45, 2.75) is 19.3 Å². The van der Waals surface area contributed by atoms with Crippen molar-refractivity contribution in [1.82, 2.24) is 0 Å². The molecular weight excluding hydrogens is 272 g/mol. The minimum Gasteiger partial charge on any atom is -0.327 e. The maximum atomic E-state index is 12.5. The summed E-state index contributed by atoms with van der Waals surface area (Å²) in [4.78, 5) is 0. The second-order valence-corrected chi connectivity index (χ2v) is 4.03. The Balaban J connectivity index is 3.41. The fourth-order valence-electron chi connectivity index (χ4n) is 1.41. The second-order valence-electron chi connectivity index (χ2n) is 4.03. The van der Waals surface area contributed by atoms with Crippen molar-refractivity contribution in [3.8, 4) is 0 Å². The molecule has 0 saturated carbocycles. The van der Waals surface area contributed by atoms with Gasteiger partial charge in [-0.15, -0.1) is 0 Å². The smallest absolute Gasteiger partial charge is 0.327 e. The predicted octanol–water partition coefficient (Wildman–Crippen LogP) is 4.09. The number of halogens is 6. The molecule has 0 aliphatic heterocycles. The van der Waals surface area contributed by atoms with Gasteiger partial charge in [0, 0.05) is 6.54 Å². The maximum Gasteiger partial charge on any atom is 0.416 e. The summed E-state index contributed by atoms with van der Waals surface area (Å²) >= 11 is 0. The monoisotopic (exact) mass is 283 g/mol. The van der Waals surface area contributed by atoms with Crippen LogP contribution in [0, 0.1) is 0 Å². The lowest BCUT2D eigenvalue weighted by atomic mass is 10.0. The van der Waals surface area contributed by atoms with Crippen molar-refractivity contribution >= 4 is 6.08 Å². The molecule has 0 heterocycles. The largest absolute Gasteiger partial charge is 0.416 e. The van der Waals surface area contributed by atoms with Gasteiger partial charge in [-0.3, -0.25) is 0 Å². The van der Waals surface area contributed by atoms with Crippen LogP contribution in [-0.4, -0.2) is 6.54 Å². The molecule has 1 nitrogen and oxygen atoms in total. The summed E-state index contributed by atoms with van der Waals surface area (Å²) in [6, 6.07) is 1.41. The standard InChI is InChI=1S/C12H11F6N/c1-7(6-19)2-8-3-9(11(13,14)15)5-10(4-8)12(16,17)18/h2-5H,6,19H2,1H3. The highest BCUT2D eigenvalue weighted by atomic mass is 19.4. The summed E-state index contributed by atoms with van der Waals surface area (Å²) in [5.41, 5.74) is 2.89. The molecule has 0 aliphatic carbocycles. The lowest BCUT2D eigenvalue weighted by Gasteiger charge is -2.13. The molecule has 0 saturated heterocycles. The van der Waals surface area contributed by atoms with E-state index in [2.05, 4.69) is 0 Å². The number of benzene rings is 1. The van der Waals surface area contributed by atoms with Crippen LogP contribution in [0.15, 0.2) is 23.8 Å². The molecule has 0 aromatic heterocycles. The van der Waals surface area contributed by atoms with Crippen molar-refractivity contribution in [2.24, 2.45) is 5.73 Å². The van der Waals surface area contributed by atoms with Crippen LogP contribution in [0.1, 0.15) is 23.6 Å². The van der Waals surface area contributed by atoms with E-state index < -0.39 is 23.5 Å². The molecule has 1 rings (SSSR count). The van der Waals surface area contributed by atoms with Gasteiger partial charge in [0.1, 0.15) is 0 Å². The van der Waals surface area contributed by atoms with Crippen molar-refractivity contribution in [2.75, 3.05) is 6.54 Å². The first-order valence-corrected chi connectivity index (χ1v) is 5.21. The molecule has 2 N–H and O–H groups in total. The van der Waals surface area contributed by atoms with E-state index in [1.54, 1.807) is 0 Å². The highest BCUT2D eigenvalue weighted by Crippen LogP contribution is 2.36. The topological polar surface area (TPSA) is 26.0 Å². The third kappa shape index (κ3) is 4.27. The van der Waals surface area contributed by atoms with Crippen LogP contribution in [0.4, 0.5) is 26.3 Å². The highest BCUT2D eigenvalue weighted by Gasteiger charge is 2.36. The summed E-state index contributed by atoms with van der Waals surface area (Å²) in [5, 5.41) is 0. The molecule has 19 heavy (non-hydrogen) atoms. The van der Waals surface area contributed by atoms with Crippen LogP contribution < -0.4 is 5.73 Å². The summed E-state index contributed by atoms with van der Waals surface area (Å²) in [6.07, 6.45) is -8.47. The number of hydrogen-bond acceptors (Lipinski definition) is 1. The quantitative estimate of drug-likeness (QED) is 0.813. The van der Waals surface area contributed by atoms with Crippen LogP contribution in [0.3, 0.4) is 0 Å². The van der Waals surface area contributed by atoms with E-state index in [4.69, 9.17) is 5.73 Å². The third-order valence-electron chi connectivity index (χ3n) is 2.35. The number of hydrogen-bond donors (Lipinski definition) is 1. The van der Waals surface area contributed by atoms with Gasteiger partial charge in [0.25, 0.3) is 0 Å². The fraction of sp³-hybridized carbons (Fsp3) is 0.333. The average Bonchev–Trinajstić information content (AvgIpc) is 2.26. The van der Waals surface area contributed by atoms with Crippen molar-refractivity contribution in [1.29, 1.82) is 0 Å². The Hall–Kier alpha value is -1.50. The summed E-state index contributed by atoms with van der Waals surface area (Å²) in [6.45, 7) is 1.57. The van der Waals surface area contributed by atoms with Crippen LogP contribution in [0.5, 0.6) is 0 Å². The zero-order chi connectivity index (χ0) is 14.8. The minimum atomic E-state index is -4.83. The van der Waals surface area contributed by atoms with Crippen LogP contribution in [-0.2, 0) is 12.4 Å². The molecule has 1 aromatic rings. The van der Waals surface area contributed by atoms with Gasteiger partial charge in [0.15, 0.2) is 0 Å². The Morgan fingerprint density at radius 2 is 1.42 bits per heavy atom. The molecule has 0 atom stereocenters. The zero-order valence-corrected chi connectivity index (χ0v) is 9.86. The van der Waals surface area contributed by atoms with E-state index in [-0.39, 0.29) is 18.2 Å². The average molecular weight is 283 g/mol. The van der Waals surface area contributed by atoms with Crippen LogP contribution in [0.25, 0.3) is 6.08 Å². The van der Waals surface area contributed by atoms with E-state index in [0.717, 1.165) is 0 Å². The normalized spacial score (nSPS) is 13.8. The Bertz CT molecular complexity index is 452. The molecule has 0 radical (unpaired) electrons. The first-order valence-electron chi connectivity index (χ1n) is 5.21. The van der Waals surface area contributed by atoms with E-state index in [1.807, 2.05) is 0 Å². The number of rotatable bonds is 2. The molecule has 0 fully saturated rings. The zero-order valence-electron chi connectivity index (χ0n) is 9.86. The Morgan fingerprint density at radius 1 is 1.00 bits per heavy atom. The van der Waals surface area contributed by atoms with Crippen LogP contribution in [0.2, 0.25) is 0 Å². The maximum absolute atomic E-state index is 12.5. The van der Waals surface area contributed by atoms with Gasteiger partial charge in [0.05, 0.1) is 11.1 Å². The summed E-state index contributed by atoms with van der Waals surface area (Å²) < 4.78 is 75.3. The SMILES string of the molecule is CC(=Cc1cc(C(F)(F)F)cc(C(F)(F)F)c1)CN. The minimum absolute atomic E-state index is 0.0532. The molecule has 0 spiro atoms. The molecule has 106 valence electrons. The van der Waals surface area contributed by atoms with E-state index in [0.29, 0.717) is 17.7 Å². The van der Waals surface area contributed by atoms with E-state index in [9.17, 15) is 26.3 Å². The summed E-state index contributed by atoms with van der Waals surface area (Å²) in [7, 11) is 0. The molecule has 0 unspecified atom stereocenters. The Morgan fingerprint density at radius 3 is 1.74 bits per heavy atom. The van der Waals surface area contributed by atoms with Gasteiger partial charge >= 0.3 is 12.4 Å². The van der Waals surface area contributed by atoms with Gasteiger partial charge in [-0.2, -0.15) is 26.3 Å². The molecular formula is C12H11F6N. The molecule has 7 heteroatoms. The Labute approximate surface area is 105 Å². The van der Waals surface area contributed by atoms with E-state index >= 15 is 0 Å². The lowest BCUT2D eigenvalue weighted by molar-refractivity contribution is -0.143. The summed E-state index contributed by atoms with van der Waals surface area (Å²) in [5.74, 6) is 0. The number of alkyl halides is 6. The number of nitrogens with two attached hydrogens (primary N) is 1. The van der Waals surface area contributed by atoms with Gasteiger partial charge in [-0.1, -0.05) is 11.6 Å². The van der Waals surface area contributed by atoms with Crippen molar-refractivity contribution in [3.05, 3.63) is 40.5 Å². The molecule has 0 bridgehead atoms. The lowest BCUT2D eigenvalue weighted by Crippen LogP contribution is -2.11. The van der Waals surface area contributed by atoms with Gasteiger partial charge in [-0.05, 0) is 30.7 Å². The molecule has 0 aliphatic rings. The fourth-order valence-corrected chi connectivity index (χ4v) is 1.41. The first-order chi connectivity index (χ1) is 8.54. The van der Waals surface area contributed by atoms with Gasteiger partial charge in [0.2, 0.25) is 0 Å². The van der Waals surface area contributed by atoms with Gasteiger partial charge < -0.3 is 5.73 Å². The van der Waals surface area contributed by atoms with Crippen molar-refractivity contribution < 1.29 is 26.3 Å². The Kier molecular flexibility index (Phi) is 4.29. The van der Waals surface area contributed by atoms with Crippen molar-refractivity contribution in [3.63, 3.8) is 0 Å². The highest BCUT2D eigenvalue weighted by molar-refractivity contribution is 5.55. The molecule has 1 aromatic carbocycles.